The van der Waals surface area contributed by atoms with E-state index >= 15 is 0 Å². The fourth-order valence-electron chi connectivity index (χ4n) is 3.36. The van der Waals surface area contributed by atoms with Crippen LogP contribution in [0.5, 0.6) is 5.75 Å². The molecule has 2 aliphatic heterocycles. The summed E-state index contributed by atoms with van der Waals surface area (Å²) < 4.78 is 11.4. The number of likely N-dealkylation sites (tertiary alicyclic amines) is 1. The van der Waals surface area contributed by atoms with Crippen LogP contribution in [0, 0.1) is 0 Å². The van der Waals surface area contributed by atoms with Gasteiger partial charge >= 0.3 is 0 Å². The number of methoxy groups -OCH3 is 1. The molecule has 2 aliphatic rings. The molecule has 1 aromatic rings. The molecule has 2 saturated heterocycles. The summed E-state index contributed by atoms with van der Waals surface area (Å²) in [6.07, 6.45) is 1.93. The molecule has 0 saturated carbocycles. The minimum absolute atomic E-state index is 0.0138. The summed E-state index contributed by atoms with van der Waals surface area (Å²) >= 11 is 5.99. The maximum Gasteiger partial charge on any atom is 0.257 e. The van der Waals surface area contributed by atoms with Gasteiger partial charge in [-0.25, -0.2) is 0 Å². The Bertz CT molecular complexity index is 585. The summed E-state index contributed by atoms with van der Waals surface area (Å²) in [6.45, 7) is 3.86. The van der Waals surface area contributed by atoms with Crippen molar-refractivity contribution < 1.29 is 14.3 Å². The summed E-state index contributed by atoms with van der Waals surface area (Å²) in [5.41, 5.74) is 0.363. The Labute approximate surface area is 142 Å². The average Bonchev–Trinajstić information content (AvgIpc) is 2.57. The van der Waals surface area contributed by atoms with E-state index in [1.165, 1.54) is 0 Å². The van der Waals surface area contributed by atoms with Gasteiger partial charge in [-0.15, -0.1) is 0 Å². The number of carbonyl (C=O) groups is 1. The van der Waals surface area contributed by atoms with Crippen LogP contribution in [0.4, 0.5) is 0 Å². The lowest BCUT2D eigenvalue weighted by Gasteiger charge is -2.46. The molecule has 1 aromatic carbocycles. The quantitative estimate of drug-likeness (QED) is 0.829. The molecule has 0 N–H and O–H groups in total. The van der Waals surface area contributed by atoms with Crippen molar-refractivity contribution in [1.82, 2.24) is 9.80 Å². The average molecular weight is 339 g/mol. The van der Waals surface area contributed by atoms with Gasteiger partial charge in [0.15, 0.2) is 0 Å². The van der Waals surface area contributed by atoms with Crippen molar-refractivity contribution in [3.63, 3.8) is 0 Å². The highest BCUT2D eigenvalue weighted by molar-refractivity contribution is 6.30. The number of piperidine rings is 1. The molecule has 0 radical (unpaired) electrons. The van der Waals surface area contributed by atoms with Crippen molar-refractivity contribution in [2.45, 2.75) is 18.4 Å². The first-order valence-corrected chi connectivity index (χ1v) is 8.36. The van der Waals surface area contributed by atoms with Gasteiger partial charge in [-0.2, -0.15) is 0 Å². The van der Waals surface area contributed by atoms with E-state index in [1.807, 2.05) is 4.90 Å². The predicted molar refractivity (Wildman–Crippen MR) is 89.3 cm³/mol. The standard InChI is InChI=1S/C17H23ClN2O3/c1-19-7-5-17(6-8-19)12-20(9-10-23-17)16(21)14-4-3-13(18)11-15(14)22-2/h3-4,11H,5-10,12H2,1-2H3. The van der Waals surface area contributed by atoms with Crippen LogP contribution in [0.2, 0.25) is 5.02 Å². The number of halogens is 1. The first-order chi connectivity index (χ1) is 11.0. The SMILES string of the molecule is COc1cc(Cl)ccc1C(=O)N1CCOC2(CCN(C)CC2)C1. The van der Waals surface area contributed by atoms with Crippen LogP contribution < -0.4 is 4.74 Å². The second kappa shape index (κ2) is 6.67. The monoisotopic (exact) mass is 338 g/mol. The Balaban J connectivity index is 1.77. The van der Waals surface area contributed by atoms with Crippen molar-refractivity contribution >= 4 is 17.5 Å². The number of nitrogens with zero attached hydrogens (tertiary/aromatic N) is 2. The smallest absolute Gasteiger partial charge is 0.257 e. The largest absolute Gasteiger partial charge is 0.496 e. The molecule has 1 amide bonds. The first-order valence-electron chi connectivity index (χ1n) is 7.98. The van der Waals surface area contributed by atoms with Crippen molar-refractivity contribution in [3.8, 4) is 5.75 Å². The lowest BCUT2D eigenvalue weighted by molar-refractivity contribution is -0.125. The highest BCUT2D eigenvalue weighted by atomic mass is 35.5. The maximum absolute atomic E-state index is 12.9. The molecule has 3 rings (SSSR count). The van der Waals surface area contributed by atoms with E-state index < -0.39 is 0 Å². The Morgan fingerprint density at radius 3 is 2.74 bits per heavy atom. The van der Waals surface area contributed by atoms with Crippen LogP contribution in [-0.4, -0.2) is 68.3 Å². The molecule has 5 nitrogen and oxygen atoms in total. The Morgan fingerprint density at radius 1 is 1.30 bits per heavy atom. The molecule has 6 heteroatoms. The summed E-state index contributed by atoms with van der Waals surface area (Å²) in [5.74, 6) is 0.506. The molecule has 2 fully saturated rings. The van der Waals surface area contributed by atoms with Gasteiger partial charge in [0.1, 0.15) is 5.75 Å². The van der Waals surface area contributed by atoms with E-state index in [9.17, 15) is 4.79 Å². The number of ether oxygens (including phenoxy) is 2. The minimum atomic E-state index is -0.194. The lowest BCUT2D eigenvalue weighted by atomic mass is 9.89. The van der Waals surface area contributed by atoms with Gasteiger partial charge < -0.3 is 19.3 Å². The number of morpholine rings is 1. The van der Waals surface area contributed by atoms with Gasteiger partial charge in [0.2, 0.25) is 0 Å². The van der Waals surface area contributed by atoms with Crippen LogP contribution in [0.1, 0.15) is 23.2 Å². The highest BCUT2D eigenvalue weighted by Crippen LogP contribution is 2.31. The van der Waals surface area contributed by atoms with Gasteiger partial charge in [0.25, 0.3) is 5.91 Å². The second-order valence-corrected chi connectivity index (χ2v) is 6.84. The summed E-state index contributed by atoms with van der Waals surface area (Å²) in [7, 11) is 3.68. The molecule has 23 heavy (non-hydrogen) atoms. The minimum Gasteiger partial charge on any atom is -0.496 e. The molecule has 0 atom stereocenters. The van der Waals surface area contributed by atoms with E-state index in [1.54, 1.807) is 25.3 Å². The van der Waals surface area contributed by atoms with Gasteiger partial charge in [0.05, 0.1) is 31.4 Å². The summed E-state index contributed by atoms with van der Waals surface area (Å²) in [6, 6.07) is 5.14. The molecule has 2 heterocycles. The molecule has 0 aromatic heterocycles. The molecular weight excluding hydrogens is 316 g/mol. The summed E-state index contributed by atoms with van der Waals surface area (Å²) in [5, 5.41) is 0.562. The lowest BCUT2D eigenvalue weighted by Crippen LogP contribution is -2.57. The summed E-state index contributed by atoms with van der Waals surface area (Å²) in [4.78, 5) is 17.1. The number of benzene rings is 1. The van der Waals surface area contributed by atoms with Gasteiger partial charge in [-0.3, -0.25) is 4.79 Å². The topological polar surface area (TPSA) is 42.0 Å². The van der Waals surface area contributed by atoms with Gasteiger partial charge in [0, 0.05) is 24.7 Å². The zero-order valence-corrected chi connectivity index (χ0v) is 14.4. The number of amides is 1. The second-order valence-electron chi connectivity index (χ2n) is 6.41. The third-order valence-electron chi connectivity index (χ3n) is 4.83. The van der Waals surface area contributed by atoms with E-state index in [2.05, 4.69) is 11.9 Å². The molecule has 0 bridgehead atoms. The third-order valence-corrected chi connectivity index (χ3v) is 5.06. The van der Waals surface area contributed by atoms with Crippen molar-refractivity contribution in [2.75, 3.05) is 46.9 Å². The van der Waals surface area contributed by atoms with Crippen molar-refractivity contribution in [1.29, 1.82) is 0 Å². The fourth-order valence-corrected chi connectivity index (χ4v) is 3.52. The third kappa shape index (κ3) is 3.47. The van der Waals surface area contributed by atoms with Gasteiger partial charge in [-0.05, 0) is 38.1 Å². The normalized spacial score (nSPS) is 21.4. The maximum atomic E-state index is 12.9. The number of carbonyl (C=O) groups excluding carboxylic acids is 1. The highest BCUT2D eigenvalue weighted by Gasteiger charge is 2.40. The molecule has 0 unspecified atom stereocenters. The zero-order valence-electron chi connectivity index (χ0n) is 13.7. The van der Waals surface area contributed by atoms with Crippen molar-refractivity contribution in [2.24, 2.45) is 0 Å². The fraction of sp³-hybridized carbons (Fsp3) is 0.588. The number of hydrogen-bond donors (Lipinski definition) is 0. The van der Waals surface area contributed by atoms with Crippen LogP contribution in [-0.2, 0) is 4.74 Å². The molecule has 1 spiro atoms. The van der Waals surface area contributed by atoms with E-state index in [0.717, 1.165) is 25.9 Å². The van der Waals surface area contributed by atoms with E-state index in [0.29, 0.717) is 36.0 Å². The van der Waals surface area contributed by atoms with E-state index in [4.69, 9.17) is 21.1 Å². The van der Waals surface area contributed by atoms with E-state index in [-0.39, 0.29) is 11.5 Å². The molecule has 0 aliphatic carbocycles. The van der Waals surface area contributed by atoms with Crippen LogP contribution in [0.25, 0.3) is 0 Å². The van der Waals surface area contributed by atoms with Gasteiger partial charge in [-0.1, -0.05) is 11.6 Å². The first kappa shape index (κ1) is 16.6. The van der Waals surface area contributed by atoms with Crippen LogP contribution in [0.3, 0.4) is 0 Å². The predicted octanol–water partition coefficient (Wildman–Crippen LogP) is 2.29. The number of hydrogen-bond acceptors (Lipinski definition) is 4. The molecule has 126 valence electrons. The number of rotatable bonds is 2. The van der Waals surface area contributed by atoms with Crippen LogP contribution >= 0.6 is 11.6 Å². The van der Waals surface area contributed by atoms with Crippen LogP contribution in [0.15, 0.2) is 18.2 Å². The Kier molecular flexibility index (Phi) is 4.80. The Hall–Kier alpha value is -1.30. The zero-order chi connectivity index (χ0) is 16.4. The Morgan fingerprint density at radius 2 is 2.04 bits per heavy atom. The molecular formula is C17H23ClN2O3. The van der Waals surface area contributed by atoms with Crippen molar-refractivity contribution in [3.05, 3.63) is 28.8 Å².